The molecule has 1 heterocycles. The van der Waals surface area contributed by atoms with Crippen LogP contribution in [0.4, 0.5) is 0 Å². The van der Waals surface area contributed by atoms with E-state index in [0.717, 1.165) is 31.6 Å². The van der Waals surface area contributed by atoms with E-state index in [-0.39, 0.29) is 5.69 Å². The van der Waals surface area contributed by atoms with Gasteiger partial charge in [0.2, 0.25) is 0 Å². The molecule has 0 saturated heterocycles. The number of nitrogens with two attached hydrogens (primary N) is 1. The molecular weight excluding hydrogens is 240 g/mol. The van der Waals surface area contributed by atoms with Crippen molar-refractivity contribution in [3.05, 3.63) is 16.3 Å². The molecule has 0 unspecified atom stereocenters. The summed E-state index contributed by atoms with van der Waals surface area (Å²) in [5.74, 6) is 0.899. The standard InChI is InChI=1S/C14H28N4O/c1-2-18-13(16-17-14(18)19)11-9-7-5-3-4-6-8-10-12-15/h2-12,15H2,1H3,(H,17,19). The summed E-state index contributed by atoms with van der Waals surface area (Å²) in [5.41, 5.74) is 5.37. The molecule has 0 aliphatic rings. The summed E-state index contributed by atoms with van der Waals surface area (Å²) in [6.45, 7) is 3.50. The summed E-state index contributed by atoms with van der Waals surface area (Å²) in [7, 11) is 0. The molecule has 0 spiro atoms. The monoisotopic (exact) mass is 268 g/mol. The maximum Gasteiger partial charge on any atom is 0.343 e. The molecule has 0 saturated carbocycles. The first kappa shape index (κ1) is 16.0. The highest BCUT2D eigenvalue weighted by molar-refractivity contribution is 4.85. The Morgan fingerprint density at radius 2 is 1.63 bits per heavy atom. The molecule has 0 aliphatic carbocycles. The van der Waals surface area contributed by atoms with Gasteiger partial charge in [0.05, 0.1) is 0 Å². The number of aromatic amines is 1. The van der Waals surface area contributed by atoms with Crippen LogP contribution in [0, 0.1) is 0 Å². The Labute approximate surface area is 115 Å². The number of unbranched alkanes of at least 4 members (excludes halogenated alkanes) is 7. The molecule has 1 rings (SSSR count). The van der Waals surface area contributed by atoms with E-state index in [2.05, 4.69) is 10.2 Å². The van der Waals surface area contributed by atoms with Gasteiger partial charge in [-0.15, -0.1) is 0 Å². The lowest BCUT2D eigenvalue weighted by Crippen LogP contribution is -2.17. The Kier molecular flexibility index (Phi) is 8.21. The SMILES string of the molecule is CCn1c(CCCCCCCCCCN)n[nH]c1=O. The Balaban J connectivity index is 2.03. The van der Waals surface area contributed by atoms with Gasteiger partial charge in [-0.1, -0.05) is 38.5 Å². The topological polar surface area (TPSA) is 76.7 Å². The zero-order valence-corrected chi connectivity index (χ0v) is 12.2. The van der Waals surface area contributed by atoms with Crippen LogP contribution >= 0.6 is 0 Å². The zero-order chi connectivity index (χ0) is 13.9. The highest BCUT2D eigenvalue weighted by atomic mass is 16.1. The highest BCUT2D eigenvalue weighted by Gasteiger charge is 2.05. The van der Waals surface area contributed by atoms with Crippen LogP contribution in [-0.2, 0) is 13.0 Å². The van der Waals surface area contributed by atoms with Crippen molar-refractivity contribution in [2.24, 2.45) is 5.73 Å². The predicted molar refractivity (Wildman–Crippen MR) is 78.2 cm³/mol. The molecule has 0 radical (unpaired) electrons. The van der Waals surface area contributed by atoms with E-state index in [9.17, 15) is 4.79 Å². The zero-order valence-electron chi connectivity index (χ0n) is 12.2. The van der Waals surface area contributed by atoms with Gasteiger partial charge in [0.15, 0.2) is 0 Å². The Morgan fingerprint density at radius 3 is 2.21 bits per heavy atom. The molecule has 3 N–H and O–H groups in total. The minimum atomic E-state index is -0.0857. The molecule has 0 amide bonds. The van der Waals surface area contributed by atoms with E-state index < -0.39 is 0 Å². The summed E-state index contributed by atoms with van der Waals surface area (Å²) in [6.07, 6.45) is 10.9. The minimum Gasteiger partial charge on any atom is -0.330 e. The van der Waals surface area contributed by atoms with Gasteiger partial charge in [0, 0.05) is 13.0 Å². The molecule has 0 fully saturated rings. The maximum absolute atomic E-state index is 11.4. The largest absolute Gasteiger partial charge is 0.343 e. The number of hydrogen-bond acceptors (Lipinski definition) is 3. The molecule has 0 bridgehead atoms. The number of aromatic nitrogens is 3. The first-order valence-corrected chi connectivity index (χ1v) is 7.63. The van der Waals surface area contributed by atoms with Crippen molar-refractivity contribution in [2.45, 2.75) is 71.3 Å². The van der Waals surface area contributed by atoms with Gasteiger partial charge in [0.25, 0.3) is 0 Å². The van der Waals surface area contributed by atoms with Crippen molar-refractivity contribution >= 4 is 0 Å². The molecule has 5 nitrogen and oxygen atoms in total. The average molecular weight is 268 g/mol. The van der Waals surface area contributed by atoms with Gasteiger partial charge >= 0.3 is 5.69 Å². The summed E-state index contributed by atoms with van der Waals surface area (Å²) in [4.78, 5) is 11.4. The van der Waals surface area contributed by atoms with Crippen LogP contribution < -0.4 is 11.4 Å². The van der Waals surface area contributed by atoms with Gasteiger partial charge in [-0.25, -0.2) is 9.89 Å². The number of nitrogens with zero attached hydrogens (tertiary/aromatic N) is 2. The van der Waals surface area contributed by atoms with Crippen molar-refractivity contribution in [1.82, 2.24) is 14.8 Å². The molecule has 1 aromatic heterocycles. The van der Waals surface area contributed by atoms with Gasteiger partial charge in [0.1, 0.15) is 5.82 Å². The van der Waals surface area contributed by atoms with Gasteiger partial charge in [-0.05, 0) is 26.3 Å². The van der Waals surface area contributed by atoms with Crippen molar-refractivity contribution in [3.63, 3.8) is 0 Å². The molecule has 0 aliphatic heterocycles. The number of nitrogens with one attached hydrogen (secondary N) is 1. The first-order chi connectivity index (χ1) is 9.29. The van der Waals surface area contributed by atoms with E-state index in [0.29, 0.717) is 6.54 Å². The fourth-order valence-corrected chi connectivity index (χ4v) is 2.36. The molecule has 0 aromatic carbocycles. The Morgan fingerprint density at radius 1 is 1.05 bits per heavy atom. The van der Waals surface area contributed by atoms with E-state index in [4.69, 9.17) is 5.73 Å². The molecule has 0 atom stereocenters. The van der Waals surface area contributed by atoms with Crippen molar-refractivity contribution in [1.29, 1.82) is 0 Å². The van der Waals surface area contributed by atoms with Crippen LogP contribution in [0.1, 0.15) is 64.1 Å². The summed E-state index contributed by atoms with van der Waals surface area (Å²) >= 11 is 0. The molecular formula is C14H28N4O. The van der Waals surface area contributed by atoms with Crippen LogP contribution in [0.15, 0.2) is 4.79 Å². The van der Waals surface area contributed by atoms with Gasteiger partial charge < -0.3 is 5.73 Å². The molecule has 19 heavy (non-hydrogen) atoms. The predicted octanol–water partition coefficient (Wildman–Crippen LogP) is 2.21. The summed E-state index contributed by atoms with van der Waals surface area (Å²) in [5, 5.41) is 6.58. The third kappa shape index (κ3) is 6.05. The van der Waals surface area contributed by atoms with E-state index >= 15 is 0 Å². The van der Waals surface area contributed by atoms with Gasteiger partial charge in [-0.2, -0.15) is 5.10 Å². The molecule has 110 valence electrons. The highest BCUT2D eigenvalue weighted by Crippen LogP contribution is 2.09. The number of rotatable bonds is 11. The van der Waals surface area contributed by atoms with Crippen molar-refractivity contribution < 1.29 is 0 Å². The number of aryl methyl sites for hydroxylation is 1. The molecule has 1 aromatic rings. The lowest BCUT2D eigenvalue weighted by molar-refractivity contribution is 0.560. The summed E-state index contributed by atoms with van der Waals surface area (Å²) < 4.78 is 1.72. The second-order valence-corrected chi connectivity index (χ2v) is 5.06. The van der Waals surface area contributed by atoms with Crippen LogP contribution in [0.5, 0.6) is 0 Å². The third-order valence-electron chi connectivity index (χ3n) is 3.51. The van der Waals surface area contributed by atoms with Crippen LogP contribution in [-0.4, -0.2) is 21.3 Å². The maximum atomic E-state index is 11.4. The Hall–Kier alpha value is -1.10. The Bertz CT molecular complexity index is 383. The second-order valence-electron chi connectivity index (χ2n) is 5.06. The molecule has 5 heteroatoms. The van der Waals surface area contributed by atoms with E-state index in [1.807, 2.05) is 6.92 Å². The van der Waals surface area contributed by atoms with Crippen molar-refractivity contribution in [2.75, 3.05) is 6.54 Å². The smallest absolute Gasteiger partial charge is 0.330 e. The van der Waals surface area contributed by atoms with Gasteiger partial charge in [-0.3, -0.25) is 4.57 Å². The quantitative estimate of drug-likeness (QED) is 0.604. The lowest BCUT2D eigenvalue weighted by atomic mass is 10.1. The van der Waals surface area contributed by atoms with E-state index in [1.54, 1.807) is 4.57 Å². The second kappa shape index (κ2) is 9.78. The minimum absolute atomic E-state index is 0.0857. The third-order valence-corrected chi connectivity index (χ3v) is 3.51. The number of hydrogen-bond donors (Lipinski definition) is 2. The van der Waals surface area contributed by atoms with Crippen LogP contribution in [0.25, 0.3) is 0 Å². The fourth-order valence-electron chi connectivity index (χ4n) is 2.36. The first-order valence-electron chi connectivity index (χ1n) is 7.63. The van der Waals surface area contributed by atoms with Crippen molar-refractivity contribution in [3.8, 4) is 0 Å². The lowest BCUT2D eigenvalue weighted by Gasteiger charge is -2.03. The fraction of sp³-hybridized carbons (Fsp3) is 0.857. The van der Waals surface area contributed by atoms with Crippen LogP contribution in [0.2, 0.25) is 0 Å². The normalized spacial score (nSPS) is 11.1. The van der Waals surface area contributed by atoms with Crippen LogP contribution in [0.3, 0.4) is 0 Å². The number of H-pyrrole nitrogens is 1. The average Bonchev–Trinajstić information content (AvgIpc) is 2.77. The summed E-state index contributed by atoms with van der Waals surface area (Å²) in [6, 6.07) is 0. The van der Waals surface area contributed by atoms with E-state index in [1.165, 1.54) is 38.5 Å².